The Hall–Kier alpha value is -3.94. The van der Waals surface area contributed by atoms with Gasteiger partial charge in [-0.1, -0.05) is 61.5 Å². The average molecular weight is 734 g/mol. The van der Waals surface area contributed by atoms with Gasteiger partial charge in [-0.05, 0) is 109 Å². The van der Waals surface area contributed by atoms with Gasteiger partial charge in [-0.2, -0.15) is 8.42 Å². The van der Waals surface area contributed by atoms with Crippen LogP contribution in [0.1, 0.15) is 98.5 Å². The Morgan fingerprint density at radius 2 is 1.56 bits per heavy atom. The van der Waals surface area contributed by atoms with Crippen LogP contribution >= 0.6 is 0 Å². The van der Waals surface area contributed by atoms with Crippen molar-refractivity contribution in [3.63, 3.8) is 0 Å². The maximum atomic E-state index is 13.7. The average Bonchev–Trinajstić information content (AvgIpc) is 3.26. The molecule has 3 aromatic rings. The maximum absolute atomic E-state index is 13.7. The lowest BCUT2D eigenvalue weighted by atomic mass is 9.65. The zero-order valence-electron chi connectivity index (χ0n) is 29.6. The number of aliphatic hydroxyl groups excluding tert-OH is 2. The predicted octanol–water partition coefficient (Wildman–Crippen LogP) is 5.77. The number of aliphatic imine (C=N–C) groups is 1. The highest BCUT2D eigenvalue weighted by molar-refractivity contribution is 7.86. The van der Waals surface area contributed by atoms with E-state index in [9.17, 15) is 28.3 Å². The number of phenolic OH excluding ortho intramolecular Hbond substituents is 1. The van der Waals surface area contributed by atoms with E-state index in [0.717, 1.165) is 22.3 Å². The lowest BCUT2D eigenvalue weighted by molar-refractivity contribution is -0.00268. The standard InChI is InChI=1S/C40H51N3O8S/c1-2-25-24-36(52(47,48)49)35-23-30-21-29(22-34(5-3-19-44)50-38(30)28-8-14-32(46)15-9-28)37(35)27-6-12-31(13-7-27)40(18-4-20-45,43-39(41)42)51-33-16-10-26(25)11-17-33/h6-17,23,25,29,34-38,44-46H,2-5,18-22,24H2,1H3,(H4,41,42,43)(H,47,48,49)/t25-,29+,34-,35-,36-,37-,38+,40+/m1/s1. The molecule has 0 unspecified atom stereocenters. The van der Waals surface area contributed by atoms with Crippen LogP contribution in [0.15, 0.2) is 89.4 Å². The SMILES string of the molecule is CC[C@@H]1C[C@@H](S(=O)(=O)O)[C@H]2C=C3C[C@@H](C[C@@H](CCCO)O[C@H]3c3ccc(O)cc3)[C@H]2c2ccc(cc2)[C@@](CCCO)(N=C(N)N)Oc2ccc1cc2. The molecule has 8 N–H and O–H groups in total. The van der Waals surface area contributed by atoms with Gasteiger partial charge in [-0.3, -0.25) is 4.55 Å². The molecule has 52 heavy (non-hydrogen) atoms. The van der Waals surface area contributed by atoms with Crippen molar-refractivity contribution in [2.75, 3.05) is 13.2 Å². The summed E-state index contributed by atoms with van der Waals surface area (Å²) >= 11 is 0. The summed E-state index contributed by atoms with van der Waals surface area (Å²) in [6, 6.07) is 22.1. The second-order valence-electron chi connectivity index (χ2n) is 14.5. The van der Waals surface area contributed by atoms with E-state index in [1.54, 1.807) is 12.1 Å². The summed E-state index contributed by atoms with van der Waals surface area (Å²) in [5, 5.41) is 28.6. The highest BCUT2D eigenvalue weighted by atomic mass is 32.2. The second kappa shape index (κ2) is 16.0. The minimum absolute atomic E-state index is 0.0185. The van der Waals surface area contributed by atoms with Crippen molar-refractivity contribution in [1.82, 2.24) is 0 Å². The van der Waals surface area contributed by atoms with E-state index in [1.807, 2.05) is 73.7 Å². The number of benzene rings is 3. The summed E-state index contributed by atoms with van der Waals surface area (Å²) in [5.74, 6) is -0.720. The van der Waals surface area contributed by atoms with Crippen LogP contribution in [-0.2, 0) is 20.6 Å². The molecular formula is C40H51N3O8S. The van der Waals surface area contributed by atoms with Crippen molar-refractivity contribution in [3.05, 3.63) is 107 Å². The fraction of sp³-hybridized carbons (Fsp3) is 0.475. The van der Waals surface area contributed by atoms with Crippen molar-refractivity contribution in [2.45, 2.75) is 93.3 Å². The number of rotatable bonds is 10. The third kappa shape index (κ3) is 8.16. The van der Waals surface area contributed by atoms with Gasteiger partial charge in [0.25, 0.3) is 10.1 Å². The van der Waals surface area contributed by atoms with Crippen LogP contribution in [-0.4, -0.2) is 58.8 Å². The first-order valence-corrected chi connectivity index (χ1v) is 19.8. The number of ether oxygens (including phenoxy) is 2. The fourth-order valence-electron chi connectivity index (χ4n) is 8.73. The number of fused-ring (bicyclic) bond motifs is 2. The van der Waals surface area contributed by atoms with Gasteiger partial charge < -0.3 is 36.3 Å². The van der Waals surface area contributed by atoms with Crippen LogP contribution < -0.4 is 16.2 Å². The molecule has 9 rings (SSSR count). The molecule has 280 valence electrons. The molecular weight excluding hydrogens is 683 g/mol. The van der Waals surface area contributed by atoms with Crippen molar-refractivity contribution < 1.29 is 37.8 Å². The molecule has 5 heterocycles. The van der Waals surface area contributed by atoms with Crippen LogP contribution in [0.4, 0.5) is 0 Å². The molecule has 1 fully saturated rings. The van der Waals surface area contributed by atoms with E-state index in [1.165, 1.54) is 0 Å². The van der Waals surface area contributed by atoms with Crippen molar-refractivity contribution in [3.8, 4) is 11.5 Å². The fourth-order valence-corrected chi connectivity index (χ4v) is 9.85. The molecule has 1 aliphatic carbocycles. The van der Waals surface area contributed by atoms with Gasteiger partial charge in [0.15, 0.2) is 5.96 Å². The normalized spacial score (nSPS) is 28.8. The van der Waals surface area contributed by atoms with Crippen molar-refractivity contribution >= 4 is 16.1 Å². The number of nitrogens with zero attached hydrogens (tertiary/aromatic N) is 1. The zero-order chi connectivity index (χ0) is 37.0. The van der Waals surface area contributed by atoms with Crippen LogP contribution in [0.3, 0.4) is 0 Å². The third-order valence-corrected chi connectivity index (χ3v) is 12.4. The highest BCUT2D eigenvalue weighted by Crippen LogP contribution is 2.53. The molecule has 6 bridgehead atoms. The quantitative estimate of drug-likeness (QED) is 0.0644. The summed E-state index contributed by atoms with van der Waals surface area (Å²) in [7, 11) is -4.57. The van der Waals surface area contributed by atoms with Crippen LogP contribution in [0, 0.1) is 11.8 Å². The molecule has 3 aromatic carbocycles. The number of aromatic hydroxyl groups is 1. The molecule has 0 aromatic heterocycles. The smallest absolute Gasteiger partial charge is 0.268 e. The minimum atomic E-state index is -4.57. The number of aliphatic hydroxyl groups is 2. The molecule has 12 heteroatoms. The van der Waals surface area contributed by atoms with E-state index >= 15 is 0 Å². The monoisotopic (exact) mass is 733 g/mol. The first-order chi connectivity index (χ1) is 24.9. The van der Waals surface area contributed by atoms with Gasteiger partial charge in [-0.15, -0.1) is 0 Å². The van der Waals surface area contributed by atoms with E-state index in [-0.39, 0.29) is 61.6 Å². The second-order valence-corrected chi connectivity index (χ2v) is 16.1. The Morgan fingerprint density at radius 3 is 2.17 bits per heavy atom. The molecule has 11 nitrogen and oxygen atoms in total. The van der Waals surface area contributed by atoms with Gasteiger partial charge in [0, 0.05) is 31.1 Å². The van der Waals surface area contributed by atoms with Gasteiger partial charge in [-0.25, -0.2) is 4.99 Å². The molecule has 0 spiro atoms. The molecule has 8 atom stereocenters. The van der Waals surface area contributed by atoms with Crippen LogP contribution in [0.2, 0.25) is 0 Å². The molecule has 1 saturated heterocycles. The Kier molecular flexibility index (Phi) is 11.6. The predicted molar refractivity (Wildman–Crippen MR) is 199 cm³/mol. The molecule has 0 radical (unpaired) electrons. The Morgan fingerprint density at radius 1 is 0.904 bits per heavy atom. The van der Waals surface area contributed by atoms with Crippen molar-refractivity contribution in [2.24, 2.45) is 28.3 Å². The molecule has 6 aliphatic rings. The van der Waals surface area contributed by atoms with Gasteiger partial charge in [0.2, 0.25) is 5.72 Å². The largest absolute Gasteiger partial charge is 0.508 e. The van der Waals surface area contributed by atoms with Crippen molar-refractivity contribution in [1.29, 1.82) is 0 Å². The summed E-state index contributed by atoms with van der Waals surface area (Å²) in [6.45, 7) is 1.94. The van der Waals surface area contributed by atoms with E-state index in [2.05, 4.69) is 4.99 Å². The number of hydrogen-bond donors (Lipinski definition) is 6. The van der Waals surface area contributed by atoms with E-state index < -0.39 is 33.1 Å². The van der Waals surface area contributed by atoms with Gasteiger partial charge >= 0.3 is 0 Å². The molecule has 0 saturated carbocycles. The number of phenols is 1. The zero-order valence-corrected chi connectivity index (χ0v) is 30.4. The van der Waals surface area contributed by atoms with E-state index in [0.29, 0.717) is 49.8 Å². The van der Waals surface area contributed by atoms with Crippen LogP contribution in [0.5, 0.6) is 11.5 Å². The molecule has 5 aliphatic heterocycles. The number of hydrogen-bond acceptors (Lipinski definition) is 8. The van der Waals surface area contributed by atoms with E-state index in [4.69, 9.17) is 20.9 Å². The Bertz CT molecular complexity index is 1830. The molecule has 0 amide bonds. The van der Waals surface area contributed by atoms with Gasteiger partial charge in [0.1, 0.15) is 17.6 Å². The number of nitrogens with two attached hydrogens (primary N) is 2. The topological polar surface area (TPSA) is 198 Å². The maximum Gasteiger partial charge on any atom is 0.268 e. The highest BCUT2D eigenvalue weighted by Gasteiger charge is 2.47. The van der Waals surface area contributed by atoms with Gasteiger partial charge in [0.05, 0.1) is 11.4 Å². The number of guanidine groups is 1. The lowest BCUT2D eigenvalue weighted by Crippen LogP contribution is -2.39. The first-order valence-electron chi connectivity index (χ1n) is 18.3. The first kappa shape index (κ1) is 37.8. The van der Waals surface area contributed by atoms with Crippen LogP contribution in [0.25, 0.3) is 0 Å². The minimum Gasteiger partial charge on any atom is -0.508 e. The lowest BCUT2D eigenvalue weighted by Gasteiger charge is -2.41. The summed E-state index contributed by atoms with van der Waals surface area (Å²) in [5.41, 5.74) is 14.9. The summed E-state index contributed by atoms with van der Waals surface area (Å²) < 4.78 is 51.9. The summed E-state index contributed by atoms with van der Waals surface area (Å²) in [6.07, 6.45) is 5.20. The number of allylic oxidation sites excluding steroid dienone is 1. The summed E-state index contributed by atoms with van der Waals surface area (Å²) in [4.78, 5) is 4.61. The Labute approximate surface area is 306 Å². The third-order valence-electron chi connectivity index (χ3n) is 11.1. The Balaban J connectivity index is 1.57.